The summed E-state index contributed by atoms with van der Waals surface area (Å²) < 4.78 is 36.2. The molecule has 6 heteroatoms. The van der Waals surface area contributed by atoms with Gasteiger partial charge in [-0.1, -0.05) is 27.7 Å². The molecule has 0 aliphatic rings. The van der Waals surface area contributed by atoms with Crippen molar-refractivity contribution in [3.63, 3.8) is 0 Å². The average Bonchev–Trinajstić information content (AvgIpc) is 2.39. The fourth-order valence-electron chi connectivity index (χ4n) is 2.37. The summed E-state index contributed by atoms with van der Waals surface area (Å²) in [7, 11) is -4.90. The van der Waals surface area contributed by atoms with Crippen LogP contribution in [0.15, 0.2) is 0 Å². The summed E-state index contributed by atoms with van der Waals surface area (Å²) in [5.41, 5.74) is 0. The summed E-state index contributed by atoms with van der Waals surface area (Å²) >= 11 is 0. The molecule has 0 N–H and O–H groups in total. The van der Waals surface area contributed by atoms with Crippen molar-refractivity contribution in [3.8, 4) is 0 Å². The smallest absolute Gasteiger partial charge is 0.203 e. The molecule has 0 aromatic heterocycles. The molecule has 0 fully saturated rings. The van der Waals surface area contributed by atoms with E-state index in [0.717, 1.165) is 25.7 Å². The summed E-state index contributed by atoms with van der Waals surface area (Å²) in [6, 6.07) is 0. The largest absolute Gasteiger partial charge is 0.328 e. The van der Waals surface area contributed by atoms with E-state index in [-0.39, 0.29) is 0 Å². The van der Waals surface area contributed by atoms with Crippen LogP contribution in [0.25, 0.3) is 0 Å². The lowest BCUT2D eigenvalue weighted by Crippen LogP contribution is -2.05. The molecule has 0 spiro atoms. The molecule has 0 atom stereocenters. The maximum absolute atomic E-state index is 12.5. The van der Waals surface area contributed by atoms with Gasteiger partial charge in [0.1, 0.15) is 0 Å². The van der Waals surface area contributed by atoms with E-state index in [1.54, 1.807) is 0 Å². The Morgan fingerprint density at radius 3 is 1.14 bits per heavy atom. The van der Waals surface area contributed by atoms with Crippen molar-refractivity contribution < 1.29 is 18.2 Å². The quantitative estimate of drug-likeness (QED) is 0.305. The van der Waals surface area contributed by atoms with Gasteiger partial charge in [0.15, 0.2) is 0 Å². The number of rotatable bonds is 14. The first kappa shape index (κ1) is 21.4. The Kier molecular flexibility index (Phi) is 12.1. The monoisotopic (exact) mass is 340 g/mol. The lowest BCUT2D eigenvalue weighted by Gasteiger charge is -2.19. The van der Waals surface area contributed by atoms with Gasteiger partial charge in [-0.2, -0.15) is 0 Å². The van der Waals surface area contributed by atoms with Crippen LogP contribution in [0.4, 0.5) is 0 Å². The van der Waals surface area contributed by atoms with Crippen LogP contribution in [-0.2, 0) is 18.2 Å². The van der Waals surface area contributed by atoms with E-state index in [0.29, 0.717) is 44.3 Å². The van der Waals surface area contributed by atoms with Crippen molar-refractivity contribution in [2.75, 3.05) is 37.9 Å². The molecule has 0 heterocycles. The zero-order valence-corrected chi connectivity index (χ0v) is 16.1. The summed E-state index contributed by atoms with van der Waals surface area (Å²) in [5, 5.41) is 0. The molecule has 21 heavy (non-hydrogen) atoms. The van der Waals surface area contributed by atoms with Crippen LogP contribution in [-0.4, -0.2) is 37.9 Å². The molecule has 0 aromatic rings. The normalized spacial score (nSPS) is 12.8. The second-order valence-electron chi connectivity index (χ2n) is 5.54. The fourth-order valence-corrected chi connectivity index (χ4v) is 6.98. The Balaban J connectivity index is 4.07. The molecule has 0 aliphatic carbocycles. The molecule has 0 saturated carbocycles. The van der Waals surface area contributed by atoms with Crippen molar-refractivity contribution in [3.05, 3.63) is 0 Å². The fraction of sp³-hybridized carbons (Fsp3) is 1.00. The van der Waals surface area contributed by atoms with Gasteiger partial charge in [-0.05, 0) is 32.1 Å². The first-order valence-electron chi connectivity index (χ1n) is 8.40. The Morgan fingerprint density at radius 1 is 0.619 bits per heavy atom. The van der Waals surface area contributed by atoms with Gasteiger partial charge in [-0.15, -0.1) is 0 Å². The van der Waals surface area contributed by atoms with E-state index >= 15 is 0 Å². The van der Waals surface area contributed by atoms with Crippen molar-refractivity contribution in [1.82, 2.24) is 0 Å². The van der Waals surface area contributed by atoms with E-state index in [1.165, 1.54) is 0 Å². The average molecular weight is 340 g/mol. The third-order valence-corrected chi connectivity index (χ3v) is 9.02. The molecule has 0 radical (unpaired) electrons. The highest BCUT2D eigenvalue weighted by molar-refractivity contribution is 7.59. The minimum absolute atomic E-state index is 0.440. The molecule has 128 valence electrons. The van der Waals surface area contributed by atoms with Gasteiger partial charge in [0.2, 0.25) is 14.7 Å². The van der Waals surface area contributed by atoms with Crippen molar-refractivity contribution in [2.24, 2.45) is 0 Å². The molecule has 0 aromatic carbocycles. The second-order valence-corrected chi connectivity index (χ2v) is 11.1. The van der Waals surface area contributed by atoms with Crippen LogP contribution in [0, 0.1) is 0 Å². The van der Waals surface area contributed by atoms with Crippen LogP contribution >= 0.6 is 14.7 Å². The van der Waals surface area contributed by atoms with Crippen LogP contribution in [0.1, 0.15) is 59.8 Å². The molecule has 4 nitrogen and oxygen atoms in total. The third kappa shape index (κ3) is 9.89. The minimum atomic E-state index is -2.45. The van der Waals surface area contributed by atoms with E-state index in [9.17, 15) is 9.13 Å². The van der Waals surface area contributed by atoms with Gasteiger partial charge in [0.05, 0.1) is 13.2 Å². The Labute approximate surface area is 131 Å². The van der Waals surface area contributed by atoms with Gasteiger partial charge >= 0.3 is 0 Å². The molecular formula is C15H34O4P2. The Morgan fingerprint density at radius 2 is 0.905 bits per heavy atom. The molecule has 0 bridgehead atoms. The lowest BCUT2D eigenvalue weighted by molar-refractivity contribution is 0.248. The molecule has 0 amide bonds. The lowest BCUT2D eigenvalue weighted by atomic mass is 10.5. The first-order chi connectivity index (χ1) is 9.95. The topological polar surface area (TPSA) is 52.6 Å². The standard InChI is InChI=1S/C15H34O4P2/c1-5-12-20(16,13-6-2)18-10-9-11-19-21(17,14-7-3)15-8-4/h5-15H2,1-4H3. The SMILES string of the molecule is CCCP(=O)(CCC)OCCCOP(=O)(CCC)CCC. The number of hydrogen-bond acceptors (Lipinski definition) is 4. The van der Waals surface area contributed by atoms with Crippen LogP contribution < -0.4 is 0 Å². The molecule has 0 unspecified atom stereocenters. The summed E-state index contributed by atoms with van der Waals surface area (Å²) in [4.78, 5) is 0. The van der Waals surface area contributed by atoms with E-state index in [4.69, 9.17) is 9.05 Å². The van der Waals surface area contributed by atoms with Crippen LogP contribution in [0.3, 0.4) is 0 Å². The summed E-state index contributed by atoms with van der Waals surface area (Å²) in [5.74, 6) is 0. The first-order valence-corrected chi connectivity index (χ1v) is 12.4. The highest BCUT2D eigenvalue weighted by Gasteiger charge is 2.22. The van der Waals surface area contributed by atoms with Crippen molar-refractivity contribution in [1.29, 1.82) is 0 Å². The van der Waals surface area contributed by atoms with Gasteiger partial charge in [0.25, 0.3) is 0 Å². The Bertz CT molecular complexity index is 293. The highest BCUT2D eigenvalue weighted by Crippen LogP contribution is 2.49. The van der Waals surface area contributed by atoms with E-state index < -0.39 is 14.7 Å². The van der Waals surface area contributed by atoms with Gasteiger partial charge in [0, 0.05) is 24.6 Å². The van der Waals surface area contributed by atoms with Crippen molar-refractivity contribution in [2.45, 2.75) is 59.8 Å². The zero-order valence-electron chi connectivity index (χ0n) is 14.3. The van der Waals surface area contributed by atoms with E-state index in [2.05, 4.69) is 0 Å². The maximum Gasteiger partial charge on any atom is 0.203 e. The van der Waals surface area contributed by atoms with Crippen LogP contribution in [0.2, 0.25) is 0 Å². The molecular weight excluding hydrogens is 306 g/mol. The summed E-state index contributed by atoms with van der Waals surface area (Å²) in [6.45, 7) is 8.99. The summed E-state index contributed by atoms with van der Waals surface area (Å²) in [6.07, 6.45) is 6.84. The molecule has 0 rings (SSSR count). The number of hydrogen-bond donors (Lipinski definition) is 0. The van der Waals surface area contributed by atoms with Crippen molar-refractivity contribution >= 4 is 14.7 Å². The van der Waals surface area contributed by atoms with Gasteiger partial charge in [-0.25, -0.2) is 0 Å². The molecule has 0 aliphatic heterocycles. The maximum atomic E-state index is 12.5. The third-order valence-electron chi connectivity index (χ3n) is 3.20. The van der Waals surface area contributed by atoms with Gasteiger partial charge in [-0.3, -0.25) is 9.13 Å². The second kappa shape index (κ2) is 11.9. The van der Waals surface area contributed by atoms with Gasteiger partial charge < -0.3 is 9.05 Å². The van der Waals surface area contributed by atoms with Crippen LogP contribution in [0.5, 0.6) is 0 Å². The van der Waals surface area contributed by atoms with E-state index in [1.807, 2.05) is 27.7 Å². The minimum Gasteiger partial charge on any atom is -0.328 e. The predicted molar refractivity (Wildman–Crippen MR) is 92.4 cm³/mol. The zero-order chi connectivity index (χ0) is 16.2. The highest BCUT2D eigenvalue weighted by atomic mass is 31.2. The predicted octanol–water partition coefficient (Wildman–Crippen LogP) is 5.61. The molecule has 0 saturated heterocycles. The Hall–Kier alpha value is 0.380.